The fourth-order valence-corrected chi connectivity index (χ4v) is 2.36. The van der Waals surface area contributed by atoms with Gasteiger partial charge >= 0.3 is 0 Å². The van der Waals surface area contributed by atoms with Crippen molar-refractivity contribution in [1.29, 1.82) is 0 Å². The minimum atomic E-state index is -0.276. The van der Waals surface area contributed by atoms with E-state index in [0.29, 0.717) is 17.0 Å². The molecule has 0 aliphatic heterocycles. The molecule has 1 unspecified atom stereocenters. The average Bonchev–Trinajstić information content (AvgIpc) is 2.56. The lowest BCUT2D eigenvalue weighted by Gasteiger charge is -2.22. The molecule has 0 saturated heterocycles. The summed E-state index contributed by atoms with van der Waals surface area (Å²) < 4.78 is 12.1. The Morgan fingerprint density at radius 2 is 2.36 bits per heavy atom. The third kappa shape index (κ3) is 4.96. The summed E-state index contributed by atoms with van der Waals surface area (Å²) in [5.41, 5.74) is 1.05. The monoisotopic (exact) mass is 366 g/mol. The first-order valence-electron chi connectivity index (χ1n) is 7.13. The van der Waals surface area contributed by atoms with Crippen molar-refractivity contribution in [2.75, 3.05) is 20.3 Å². The molecule has 1 heterocycles. The summed E-state index contributed by atoms with van der Waals surface area (Å²) >= 11 is 3.37. The number of allylic oxidation sites excluding steroid dienone is 2. The Morgan fingerprint density at radius 1 is 1.50 bits per heavy atom. The van der Waals surface area contributed by atoms with E-state index in [1.165, 1.54) is 0 Å². The topological polar surface area (TPSA) is 60.5 Å². The number of hydrogen-bond acceptors (Lipinski definition) is 4. The minimum Gasteiger partial charge on any atom is -0.480 e. The number of rotatable bonds is 7. The zero-order valence-corrected chi connectivity index (χ0v) is 14.0. The summed E-state index contributed by atoms with van der Waals surface area (Å²) in [6.07, 6.45) is 9.72. The van der Waals surface area contributed by atoms with Crippen LogP contribution in [0.25, 0.3) is 0 Å². The van der Waals surface area contributed by atoms with Crippen LogP contribution < -0.4 is 10.1 Å². The largest absolute Gasteiger partial charge is 0.480 e. The maximum atomic E-state index is 11.3. The predicted octanol–water partition coefficient (Wildman–Crippen LogP) is 2.63. The zero-order valence-electron chi connectivity index (χ0n) is 12.4. The highest BCUT2D eigenvalue weighted by atomic mass is 79.9. The van der Waals surface area contributed by atoms with Crippen LogP contribution in [-0.2, 0) is 9.53 Å². The molecule has 1 amide bonds. The normalized spacial score (nSPS) is 15.1. The van der Waals surface area contributed by atoms with Crippen LogP contribution in [-0.4, -0.2) is 37.3 Å². The Bertz CT molecular complexity index is 572. The van der Waals surface area contributed by atoms with E-state index in [2.05, 4.69) is 38.4 Å². The van der Waals surface area contributed by atoms with Gasteiger partial charge in [-0.2, -0.15) is 0 Å². The highest BCUT2D eigenvalue weighted by molar-refractivity contribution is 9.10. The standard InChI is InChI=1S/C16H19BrN2O3/c1-18-15(20)11-21-10-14(12-6-3-2-4-7-12)22-13-8-5-9-19-16(13)17/h3,5-9,14H,2,4,10-11H2,1H3,(H,18,20). The molecule has 22 heavy (non-hydrogen) atoms. The summed E-state index contributed by atoms with van der Waals surface area (Å²) in [5.74, 6) is 0.491. The lowest BCUT2D eigenvalue weighted by Crippen LogP contribution is -2.30. The Labute approximate surface area is 138 Å². The summed E-state index contributed by atoms with van der Waals surface area (Å²) in [7, 11) is 1.58. The molecule has 1 atom stereocenters. The van der Waals surface area contributed by atoms with Crippen molar-refractivity contribution in [3.63, 3.8) is 0 Å². The smallest absolute Gasteiger partial charge is 0.245 e. The van der Waals surface area contributed by atoms with Gasteiger partial charge in [0.2, 0.25) is 5.91 Å². The van der Waals surface area contributed by atoms with Gasteiger partial charge in [0.1, 0.15) is 17.3 Å². The molecule has 0 radical (unpaired) electrons. The molecule has 6 heteroatoms. The number of hydrogen-bond donors (Lipinski definition) is 1. The lowest BCUT2D eigenvalue weighted by molar-refractivity contribution is -0.125. The molecule has 0 spiro atoms. The van der Waals surface area contributed by atoms with Gasteiger partial charge in [-0.1, -0.05) is 18.2 Å². The first-order valence-corrected chi connectivity index (χ1v) is 7.92. The van der Waals surface area contributed by atoms with Crippen molar-refractivity contribution in [3.05, 3.63) is 46.7 Å². The number of nitrogens with one attached hydrogen (secondary N) is 1. The number of aromatic nitrogens is 1. The van der Waals surface area contributed by atoms with E-state index in [-0.39, 0.29) is 18.6 Å². The first kappa shape index (κ1) is 16.7. The molecule has 0 saturated carbocycles. The van der Waals surface area contributed by atoms with Crippen LogP contribution in [0.3, 0.4) is 0 Å². The molecular formula is C16H19BrN2O3. The van der Waals surface area contributed by atoms with Gasteiger partial charge in [-0.15, -0.1) is 0 Å². The van der Waals surface area contributed by atoms with E-state index in [9.17, 15) is 4.79 Å². The fourth-order valence-electron chi connectivity index (χ4n) is 2.01. The Morgan fingerprint density at radius 3 is 3.05 bits per heavy atom. The van der Waals surface area contributed by atoms with Gasteiger partial charge in [0.25, 0.3) is 0 Å². The quantitative estimate of drug-likeness (QED) is 0.753. The maximum Gasteiger partial charge on any atom is 0.245 e. The maximum absolute atomic E-state index is 11.3. The zero-order chi connectivity index (χ0) is 15.8. The number of carbonyl (C=O) groups excluding carboxylic acids is 1. The highest BCUT2D eigenvalue weighted by Crippen LogP contribution is 2.25. The van der Waals surface area contributed by atoms with Gasteiger partial charge < -0.3 is 14.8 Å². The molecule has 5 nitrogen and oxygen atoms in total. The Hall–Kier alpha value is -1.66. The van der Waals surface area contributed by atoms with E-state index in [1.807, 2.05) is 18.2 Å². The second-order valence-corrected chi connectivity index (χ2v) is 5.52. The number of ether oxygens (including phenoxy) is 2. The molecule has 1 aromatic rings. The van der Waals surface area contributed by atoms with Crippen molar-refractivity contribution >= 4 is 21.8 Å². The Kier molecular flexibility index (Phi) is 6.61. The molecule has 1 aliphatic rings. The first-order chi connectivity index (χ1) is 10.7. The molecule has 118 valence electrons. The number of likely N-dealkylation sites (N-methyl/N-ethyl adjacent to an activating group) is 1. The van der Waals surface area contributed by atoms with E-state index >= 15 is 0 Å². The lowest BCUT2D eigenvalue weighted by atomic mass is 10.0. The molecule has 0 bridgehead atoms. The summed E-state index contributed by atoms with van der Waals surface area (Å²) in [5, 5.41) is 2.53. The number of pyridine rings is 1. The van der Waals surface area contributed by atoms with Crippen LogP contribution in [0.2, 0.25) is 0 Å². The van der Waals surface area contributed by atoms with Crippen molar-refractivity contribution in [2.24, 2.45) is 0 Å². The van der Waals surface area contributed by atoms with Gasteiger partial charge in [0, 0.05) is 13.2 Å². The molecule has 0 fully saturated rings. The van der Waals surface area contributed by atoms with Crippen molar-refractivity contribution in [2.45, 2.75) is 18.9 Å². The molecule has 2 rings (SSSR count). The van der Waals surface area contributed by atoms with Crippen molar-refractivity contribution < 1.29 is 14.3 Å². The van der Waals surface area contributed by atoms with E-state index in [1.54, 1.807) is 13.2 Å². The molecule has 0 aromatic carbocycles. The molecule has 1 N–H and O–H groups in total. The minimum absolute atomic E-state index is 0.0154. The second-order valence-electron chi connectivity index (χ2n) is 4.77. The van der Waals surface area contributed by atoms with Crippen LogP contribution >= 0.6 is 15.9 Å². The van der Waals surface area contributed by atoms with Crippen LogP contribution in [0.15, 0.2) is 46.7 Å². The van der Waals surface area contributed by atoms with Crippen molar-refractivity contribution in [1.82, 2.24) is 10.3 Å². The summed E-state index contributed by atoms with van der Waals surface area (Å²) in [4.78, 5) is 15.4. The van der Waals surface area contributed by atoms with Crippen LogP contribution in [0, 0.1) is 0 Å². The number of carbonyl (C=O) groups is 1. The molecule has 1 aliphatic carbocycles. The van der Waals surface area contributed by atoms with E-state index in [4.69, 9.17) is 9.47 Å². The van der Waals surface area contributed by atoms with E-state index < -0.39 is 0 Å². The van der Waals surface area contributed by atoms with E-state index in [0.717, 1.165) is 18.4 Å². The number of nitrogens with zero attached hydrogens (tertiary/aromatic N) is 1. The van der Waals surface area contributed by atoms with Gasteiger partial charge in [-0.3, -0.25) is 4.79 Å². The molecular weight excluding hydrogens is 348 g/mol. The van der Waals surface area contributed by atoms with Gasteiger partial charge in [-0.05, 0) is 46.5 Å². The van der Waals surface area contributed by atoms with Crippen LogP contribution in [0.4, 0.5) is 0 Å². The van der Waals surface area contributed by atoms with Crippen LogP contribution in [0.5, 0.6) is 5.75 Å². The van der Waals surface area contributed by atoms with Crippen LogP contribution in [0.1, 0.15) is 12.8 Å². The highest BCUT2D eigenvalue weighted by Gasteiger charge is 2.18. The molecule has 1 aromatic heterocycles. The third-order valence-electron chi connectivity index (χ3n) is 3.17. The van der Waals surface area contributed by atoms with Gasteiger partial charge in [0.15, 0.2) is 5.75 Å². The Balaban J connectivity index is 2.04. The third-order valence-corrected chi connectivity index (χ3v) is 3.77. The second kappa shape index (κ2) is 8.70. The summed E-state index contributed by atoms with van der Waals surface area (Å²) in [6.45, 7) is 0.312. The average molecular weight is 367 g/mol. The number of amides is 1. The number of halogens is 1. The fraction of sp³-hybridized carbons (Fsp3) is 0.375. The van der Waals surface area contributed by atoms with Gasteiger partial charge in [0.05, 0.1) is 6.61 Å². The SMILES string of the molecule is CNC(=O)COCC(Oc1cccnc1Br)C1=CCCC=C1. The summed E-state index contributed by atoms with van der Waals surface area (Å²) in [6, 6.07) is 3.66. The van der Waals surface area contributed by atoms with Crippen molar-refractivity contribution in [3.8, 4) is 5.75 Å². The predicted molar refractivity (Wildman–Crippen MR) is 87.7 cm³/mol. The van der Waals surface area contributed by atoms with Gasteiger partial charge in [-0.25, -0.2) is 4.98 Å².